The van der Waals surface area contributed by atoms with Crippen LogP contribution < -0.4 is 5.73 Å². The minimum Gasteiger partial charge on any atom is -0.380 e. The molecule has 0 spiro atoms. The van der Waals surface area contributed by atoms with E-state index in [4.69, 9.17) is 10.5 Å². The zero-order valence-electron chi connectivity index (χ0n) is 11.9. The van der Waals surface area contributed by atoms with Crippen molar-refractivity contribution < 1.29 is 4.74 Å². The SMILES string of the molecule is CCOCCN(CC)C1(CN)CCCC(C)C1. The Balaban J connectivity index is 2.60. The van der Waals surface area contributed by atoms with Crippen LogP contribution in [0.5, 0.6) is 0 Å². The topological polar surface area (TPSA) is 38.5 Å². The summed E-state index contributed by atoms with van der Waals surface area (Å²) in [5, 5.41) is 0. The summed E-state index contributed by atoms with van der Waals surface area (Å²) in [4.78, 5) is 2.55. The van der Waals surface area contributed by atoms with Crippen LogP contribution in [0.25, 0.3) is 0 Å². The molecule has 1 aliphatic carbocycles. The van der Waals surface area contributed by atoms with Crippen molar-refractivity contribution in [2.24, 2.45) is 11.7 Å². The van der Waals surface area contributed by atoms with Crippen molar-refractivity contribution in [2.75, 3.05) is 32.8 Å². The lowest BCUT2D eigenvalue weighted by Gasteiger charge is -2.47. The van der Waals surface area contributed by atoms with Crippen LogP contribution in [-0.2, 0) is 4.74 Å². The van der Waals surface area contributed by atoms with Gasteiger partial charge in [0.2, 0.25) is 0 Å². The average molecular weight is 242 g/mol. The summed E-state index contributed by atoms with van der Waals surface area (Å²) in [7, 11) is 0. The lowest BCUT2D eigenvalue weighted by molar-refractivity contribution is 0.0171. The molecular weight excluding hydrogens is 212 g/mol. The molecule has 0 saturated heterocycles. The van der Waals surface area contributed by atoms with Crippen molar-refractivity contribution in [2.45, 2.75) is 52.0 Å². The molecule has 2 atom stereocenters. The maximum absolute atomic E-state index is 6.10. The summed E-state index contributed by atoms with van der Waals surface area (Å²) in [6, 6.07) is 0. The van der Waals surface area contributed by atoms with E-state index in [1.165, 1.54) is 25.7 Å². The lowest BCUT2D eigenvalue weighted by atomic mass is 9.75. The largest absolute Gasteiger partial charge is 0.380 e. The molecule has 0 aromatic carbocycles. The van der Waals surface area contributed by atoms with Crippen LogP contribution in [-0.4, -0.2) is 43.3 Å². The molecule has 0 aromatic heterocycles. The maximum Gasteiger partial charge on any atom is 0.0593 e. The Morgan fingerprint density at radius 1 is 1.41 bits per heavy atom. The monoisotopic (exact) mass is 242 g/mol. The maximum atomic E-state index is 6.10. The van der Waals surface area contributed by atoms with Crippen molar-refractivity contribution in [3.63, 3.8) is 0 Å². The smallest absolute Gasteiger partial charge is 0.0593 e. The van der Waals surface area contributed by atoms with Gasteiger partial charge in [-0.2, -0.15) is 0 Å². The second kappa shape index (κ2) is 7.34. The fraction of sp³-hybridized carbons (Fsp3) is 1.00. The van der Waals surface area contributed by atoms with E-state index in [0.29, 0.717) is 0 Å². The highest BCUT2D eigenvalue weighted by molar-refractivity contribution is 4.95. The highest BCUT2D eigenvalue weighted by Crippen LogP contribution is 2.36. The van der Waals surface area contributed by atoms with Gasteiger partial charge in [0.1, 0.15) is 0 Å². The van der Waals surface area contributed by atoms with Crippen molar-refractivity contribution in [3.05, 3.63) is 0 Å². The fourth-order valence-electron chi connectivity index (χ4n) is 3.28. The van der Waals surface area contributed by atoms with Crippen molar-refractivity contribution in [1.82, 2.24) is 4.90 Å². The first-order chi connectivity index (χ1) is 8.18. The molecule has 17 heavy (non-hydrogen) atoms. The first kappa shape index (κ1) is 14.9. The first-order valence-electron chi connectivity index (χ1n) is 7.21. The van der Waals surface area contributed by atoms with Crippen LogP contribution in [0.2, 0.25) is 0 Å². The summed E-state index contributed by atoms with van der Waals surface area (Å²) in [5.74, 6) is 0.813. The summed E-state index contributed by atoms with van der Waals surface area (Å²) in [5.41, 5.74) is 6.34. The van der Waals surface area contributed by atoms with E-state index in [2.05, 4.69) is 25.7 Å². The number of rotatable bonds is 7. The van der Waals surface area contributed by atoms with Gasteiger partial charge in [0.25, 0.3) is 0 Å². The van der Waals surface area contributed by atoms with Crippen molar-refractivity contribution >= 4 is 0 Å². The van der Waals surface area contributed by atoms with E-state index < -0.39 is 0 Å². The Labute approximate surface area is 107 Å². The average Bonchev–Trinajstić information content (AvgIpc) is 2.34. The predicted molar refractivity (Wildman–Crippen MR) is 73.2 cm³/mol. The van der Waals surface area contributed by atoms with Gasteiger partial charge in [-0.15, -0.1) is 0 Å². The zero-order chi connectivity index (χ0) is 12.7. The quantitative estimate of drug-likeness (QED) is 0.696. The van der Waals surface area contributed by atoms with E-state index in [0.717, 1.165) is 38.8 Å². The minimum absolute atomic E-state index is 0.240. The summed E-state index contributed by atoms with van der Waals surface area (Å²) in [6.07, 6.45) is 5.20. The van der Waals surface area contributed by atoms with Gasteiger partial charge in [0.05, 0.1) is 6.61 Å². The van der Waals surface area contributed by atoms with E-state index in [1.54, 1.807) is 0 Å². The van der Waals surface area contributed by atoms with Gasteiger partial charge in [-0.05, 0) is 32.2 Å². The van der Waals surface area contributed by atoms with Crippen molar-refractivity contribution in [1.29, 1.82) is 0 Å². The second-order valence-electron chi connectivity index (χ2n) is 5.41. The normalized spacial score (nSPS) is 29.8. The second-order valence-corrected chi connectivity index (χ2v) is 5.41. The zero-order valence-corrected chi connectivity index (χ0v) is 11.9. The molecule has 3 heteroatoms. The predicted octanol–water partition coefficient (Wildman–Crippen LogP) is 2.25. The highest BCUT2D eigenvalue weighted by atomic mass is 16.5. The molecule has 0 heterocycles. The van der Waals surface area contributed by atoms with E-state index in [9.17, 15) is 0 Å². The third-order valence-corrected chi connectivity index (χ3v) is 4.21. The van der Waals surface area contributed by atoms with Gasteiger partial charge in [0, 0.05) is 25.2 Å². The Hall–Kier alpha value is -0.120. The number of nitrogens with two attached hydrogens (primary N) is 1. The van der Waals surface area contributed by atoms with Gasteiger partial charge in [-0.3, -0.25) is 4.90 Å². The number of hydrogen-bond donors (Lipinski definition) is 1. The van der Waals surface area contributed by atoms with Crippen molar-refractivity contribution in [3.8, 4) is 0 Å². The van der Waals surface area contributed by atoms with Crippen LogP contribution >= 0.6 is 0 Å². The van der Waals surface area contributed by atoms with Gasteiger partial charge in [0.15, 0.2) is 0 Å². The van der Waals surface area contributed by atoms with Crippen LogP contribution in [0, 0.1) is 5.92 Å². The Bertz CT molecular complexity index is 210. The van der Waals surface area contributed by atoms with Gasteiger partial charge >= 0.3 is 0 Å². The summed E-state index contributed by atoms with van der Waals surface area (Å²) >= 11 is 0. The third kappa shape index (κ3) is 3.94. The fourth-order valence-corrected chi connectivity index (χ4v) is 3.28. The van der Waals surface area contributed by atoms with Gasteiger partial charge in [-0.25, -0.2) is 0 Å². The molecule has 0 amide bonds. The molecule has 0 aliphatic heterocycles. The lowest BCUT2D eigenvalue weighted by Crippen LogP contribution is -2.57. The molecule has 1 fully saturated rings. The molecule has 1 aliphatic rings. The molecule has 3 nitrogen and oxygen atoms in total. The minimum atomic E-state index is 0.240. The molecule has 1 saturated carbocycles. The van der Waals surface area contributed by atoms with E-state index in [-0.39, 0.29) is 5.54 Å². The molecule has 1 rings (SSSR count). The first-order valence-corrected chi connectivity index (χ1v) is 7.21. The number of hydrogen-bond acceptors (Lipinski definition) is 3. The molecule has 2 N–H and O–H groups in total. The molecular formula is C14H30N2O. The number of likely N-dealkylation sites (N-methyl/N-ethyl adjacent to an activating group) is 1. The summed E-state index contributed by atoms with van der Waals surface area (Å²) < 4.78 is 5.49. The molecule has 0 aromatic rings. The van der Waals surface area contributed by atoms with E-state index >= 15 is 0 Å². The van der Waals surface area contributed by atoms with Crippen LogP contribution in [0.4, 0.5) is 0 Å². The molecule has 2 unspecified atom stereocenters. The van der Waals surface area contributed by atoms with Gasteiger partial charge in [-0.1, -0.05) is 26.7 Å². The third-order valence-electron chi connectivity index (χ3n) is 4.21. The molecule has 102 valence electrons. The van der Waals surface area contributed by atoms with Crippen LogP contribution in [0.1, 0.15) is 46.5 Å². The molecule has 0 radical (unpaired) electrons. The van der Waals surface area contributed by atoms with Crippen LogP contribution in [0.15, 0.2) is 0 Å². The van der Waals surface area contributed by atoms with Gasteiger partial charge < -0.3 is 10.5 Å². The number of ether oxygens (including phenoxy) is 1. The standard InChI is InChI=1S/C14H30N2O/c1-4-16(9-10-17-5-2)14(12-15)8-6-7-13(3)11-14/h13H,4-12,15H2,1-3H3. The Kier molecular flexibility index (Phi) is 6.45. The number of nitrogens with zero attached hydrogens (tertiary/aromatic N) is 1. The van der Waals surface area contributed by atoms with Crippen LogP contribution in [0.3, 0.4) is 0 Å². The van der Waals surface area contributed by atoms with E-state index in [1.807, 2.05) is 0 Å². The Morgan fingerprint density at radius 2 is 2.18 bits per heavy atom. The highest BCUT2D eigenvalue weighted by Gasteiger charge is 2.38. The Morgan fingerprint density at radius 3 is 2.71 bits per heavy atom. The summed E-state index contributed by atoms with van der Waals surface area (Å²) in [6.45, 7) is 11.2. The molecule has 0 bridgehead atoms.